The summed E-state index contributed by atoms with van der Waals surface area (Å²) < 4.78 is 4.84. The van der Waals surface area contributed by atoms with Crippen molar-refractivity contribution in [3.63, 3.8) is 0 Å². The fraction of sp³-hybridized carbons (Fsp3) is 0.462. The van der Waals surface area contributed by atoms with Crippen molar-refractivity contribution < 1.29 is 19.4 Å². The Labute approximate surface area is 110 Å². The van der Waals surface area contributed by atoms with Crippen LogP contribution in [0.15, 0.2) is 18.3 Å². The summed E-state index contributed by atoms with van der Waals surface area (Å²) >= 11 is 0. The SMILES string of the molecule is CCOC(=O)c1ccc(NC(C(=O)O)C2CC2)nc1. The zero-order valence-electron chi connectivity index (χ0n) is 10.6. The number of carbonyl (C=O) groups is 2. The number of carboxylic acids is 1. The van der Waals surface area contributed by atoms with Gasteiger partial charge in [-0.05, 0) is 37.8 Å². The highest BCUT2D eigenvalue weighted by atomic mass is 16.5. The third-order valence-electron chi connectivity index (χ3n) is 2.94. The van der Waals surface area contributed by atoms with Crippen LogP contribution in [-0.2, 0) is 9.53 Å². The summed E-state index contributed by atoms with van der Waals surface area (Å²) in [6.45, 7) is 2.04. The van der Waals surface area contributed by atoms with Crippen LogP contribution >= 0.6 is 0 Å². The van der Waals surface area contributed by atoms with Gasteiger partial charge in [-0.2, -0.15) is 0 Å². The lowest BCUT2D eigenvalue weighted by Gasteiger charge is -2.14. The molecule has 1 aliphatic rings. The van der Waals surface area contributed by atoms with Crippen LogP contribution in [-0.4, -0.2) is 34.7 Å². The molecule has 0 saturated heterocycles. The van der Waals surface area contributed by atoms with E-state index in [-0.39, 0.29) is 5.92 Å². The van der Waals surface area contributed by atoms with Crippen LogP contribution in [0.5, 0.6) is 0 Å². The van der Waals surface area contributed by atoms with Crippen molar-refractivity contribution in [2.75, 3.05) is 11.9 Å². The van der Waals surface area contributed by atoms with E-state index in [1.807, 2.05) is 0 Å². The summed E-state index contributed by atoms with van der Waals surface area (Å²) in [6, 6.07) is 2.55. The van der Waals surface area contributed by atoms with E-state index < -0.39 is 18.0 Å². The van der Waals surface area contributed by atoms with Crippen molar-refractivity contribution in [3.05, 3.63) is 23.9 Å². The summed E-state index contributed by atoms with van der Waals surface area (Å²) in [5.41, 5.74) is 0.352. The molecule has 1 saturated carbocycles. The minimum Gasteiger partial charge on any atom is -0.480 e. The number of carbonyl (C=O) groups excluding carboxylic acids is 1. The second-order valence-corrected chi connectivity index (χ2v) is 4.45. The Kier molecular flexibility index (Phi) is 3.99. The van der Waals surface area contributed by atoms with E-state index in [1.54, 1.807) is 19.1 Å². The van der Waals surface area contributed by atoms with Crippen molar-refractivity contribution in [2.24, 2.45) is 5.92 Å². The highest BCUT2D eigenvalue weighted by molar-refractivity contribution is 5.89. The van der Waals surface area contributed by atoms with Gasteiger partial charge < -0.3 is 15.2 Å². The first kappa shape index (κ1) is 13.3. The van der Waals surface area contributed by atoms with Crippen LogP contribution < -0.4 is 5.32 Å². The van der Waals surface area contributed by atoms with Crippen molar-refractivity contribution >= 4 is 17.8 Å². The lowest BCUT2D eigenvalue weighted by molar-refractivity contribution is -0.138. The maximum absolute atomic E-state index is 11.4. The summed E-state index contributed by atoms with van der Waals surface area (Å²) in [6.07, 6.45) is 3.22. The summed E-state index contributed by atoms with van der Waals surface area (Å²) in [5.74, 6) is -0.686. The fourth-order valence-corrected chi connectivity index (χ4v) is 1.78. The van der Waals surface area contributed by atoms with Gasteiger partial charge in [-0.15, -0.1) is 0 Å². The van der Waals surface area contributed by atoms with Crippen LogP contribution in [0.3, 0.4) is 0 Å². The lowest BCUT2D eigenvalue weighted by Crippen LogP contribution is -2.31. The zero-order valence-corrected chi connectivity index (χ0v) is 10.6. The molecule has 102 valence electrons. The molecular formula is C13H16N2O4. The van der Waals surface area contributed by atoms with Gasteiger partial charge in [-0.1, -0.05) is 0 Å². The molecule has 6 nitrogen and oxygen atoms in total. The zero-order chi connectivity index (χ0) is 13.8. The van der Waals surface area contributed by atoms with Gasteiger partial charge in [0.1, 0.15) is 11.9 Å². The number of carboxylic acid groups (broad SMARTS) is 1. The van der Waals surface area contributed by atoms with Gasteiger partial charge in [0.15, 0.2) is 0 Å². The molecule has 0 radical (unpaired) electrons. The number of hydrogen-bond donors (Lipinski definition) is 2. The topological polar surface area (TPSA) is 88.5 Å². The molecule has 1 aliphatic carbocycles. The molecule has 1 fully saturated rings. The maximum atomic E-state index is 11.4. The molecule has 0 aromatic carbocycles. The normalized spacial score (nSPS) is 15.6. The third-order valence-corrected chi connectivity index (χ3v) is 2.94. The molecule has 2 N–H and O–H groups in total. The molecule has 2 rings (SSSR count). The number of esters is 1. The first-order valence-corrected chi connectivity index (χ1v) is 6.24. The van der Waals surface area contributed by atoms with E-state index in [0.29, 0.717) is 18.0 Å². The largest absolute Gasteiger partial charge is 0.480 e. The number of aliphatic carboxylic acids is 1. The van der Waals surface area contributed by atoms with Crippen molar-refractivity contribution in [3.8, 4) is 0 Å². The van der Waals surface area contributed by atoms with Gasteiger partial charge in [0.2, 0.25) is 0 Å². The Bertz CT molecular complexity index is 468. The molecule has 1 atom stereocenters. The highest BCUT2D eigenvalue weighted by Gasteiger charge is 2.36. The molecule has 1 aromatic rings. The molecule has 1 aromatic heterocycles. The quantitative estimate of drug-likeness (QED) is 0.757. The Morgan fingerprint density at radius 3 is 2.74 bits per heavy atom. The minimum absolute atomic E-state index is 0.170. The third kappa shape index (κ3) is 3.43. The van der Waals surface area contributed by atoms with Gasteiger partial charge >= 0.3 is 11.9 Å². The Hall–Kier alpha value is -2.11. The first-order valence-electron chi connectivity index (χ1n) is 6.24. The number of hydrogen-bond acceptors (Lipinski definition) is 5. The fourth-order valence-electron chi connectivity index (χ4n) is 1.78. The number of anilines is 1. The number of nitrogens with one attached hydrogen (secondary N) is 1. The average molecular weight is 264 g/mol. The van der Waals surface area contributed by atoms with E-state index in [4.69, 9.17) is 9.84 Å². The standard InChI is InChI=1S/C13H16N2O4/c1-2-19-13(18)9-5-6-10(14-7-9)15-11(12(16)17)8-3-4-8/h5-8,11H,2-4H2,1H3,(H,14,15)(H,16,17). The Morgan fingerprint density at radius 2 is 2.26 bits per heavy atom. The predicted molar refractivity (Wildman–Crippen MR) is 68.0 cm³/mol. The van der Waals surface area contributed by atoms with Gasteiger partial charge in [0.05, 0.1) is 12.2 Å². The summed E-state index contributed by atoms with van der Waals surface area (Å²) in [7, 11) is 0. The van der Waals surface area contributed by atoms with E-state index in [0.717, 1.165) is 12.8 Å². The van der Waals surface area contributed by atoms with E-state index in [2.05, 4.69) is 10.3 Å². The summed E-state index contributed by atoms with van der Waals surface area (Å²) in [5, 5.41) is 12.0. The Balaban J connectivity index is 2.01. The second-order valence-electron chi connectivity index (χ2n) is 4.45. The molecule has 0 bridgehead atoms. The van der Waals surface area contributed by atoms with E-state index >= 15 is 0 Å². The van der Waals surface area contributed by atoms with Crippen LogP contribution in [0.1, 0.15) is 30.1 Å². The van der Waals surface area contributed by atoms with Gasteiger partial charge in [-0.25, -0.2) is 14.6 Å². The predicted octanol–water partition coefficient (Wildman–Crippen LogP) is 1.53. The van der Waals surface area contributed by atoms with Crippen LogP contribution in [0.2, 0.25) is 0 Å². The molecule has 6 heteroatoms. The van der Waals surface area contributed by atoms with Crippen LogP contribution in [0, 0.1) is 5.92 Å². The monoisotopic (exact) mass is 264 g/mol. The first-order chi connectivity index (χ1) is 9.11. The number of rotatable bonds is 6. The number of ether oxygens (including phenoxy) is 1. The number of nitrogens with zero attached hydrogens (tertiary/aromatic N) is 1. The van der Waals surface area contributed by atoms with Crippen molar-refractivity contribution in [1.29, 1.82) is 0 Å². The van der Waals surface area contributed by atoms with Crippen LogP contribution in [0.4, 0.5) is 5.82 Å². The van der Waals surface area contributed by atoms with Gasteiger partial charge in [-0.3, -0.25) is 0 Å². The van der Waals surface area contributed by atoms with Crippen molar-refractivity contribution in [2.45, 2.75) is 25.8 Å². The van der Waals surface area contributed by atoms with Crippen LogP contribution in [0.25, 0.3) is 0 Å². The Morgan fingerprint density at radius 1 is 1.53 bits per heavy atom. The highest BCUT2D eigenvalue weighted by Crippen LogP contribution is 2.34. The molecule has 1 unspecified atom stereocenters. The lowest BCUT2D eigenvalue weighted by atomic mass is 10.2. The molecular weight excluding hydrogens is 248 g/mol. The molecule has 0 spiro atoms. The number of aromatic nitrogens is 1. The van der Waals surface area contributed by atoms with E-state index in [1.165, 1.54) is 6.20 Å². The van der Waals surface area contributed by atoms with Crippen molar-refractivity contribution in [1.82, 2.24) is 4.98 Å². The average Bonchev–Trinajstić information content (AvgIpc) is 3.21. The van der Waals surface area contributed by atoms with Gasteiger partial charge in [0, 0.05) is 6.20 Å². The maximum Gasteiger partial charge on any atom is 0.339 e. The number of pyridine rings is 1. The molecule has 0 aliphatic heterocycles. The molecule has 0 amide bonds. The molecule has 1 heterocycles. The smallest absolute Gasteiger partial charge is 0.339 e. The van der Waals surface area contributed by atoms with E-state index in [9.17, 15) is 9.59 Å². The minimum atomic E-state index is -0.876. The molecule has 19 heavy (non-hydrogen) atoms. The summed E-state index contributed by atoms with van der Waals surface area (Å²) in [4.78, 5) is 26.5. The van der Waals surface area contributed by atoms with Gasteiger partial charge in [0.25, 0.3) is 0 Å². The second kappa shape index (κ2) is 5.69.